The predicted octanol–water partition coefficient (Wildman–Crippen LogP) is 1.80. The minimum Gasteiger partial charge on any atom is -0.497 e. The molecule has 0 radical (unpaired) electrons. The third kappa shape index (κ3) is 4.02. The number of aliphatic hydroxyl groups excluding tert-OH is 1. The van der Waals surface area contributed by atoms with E-state index in [1.807, 2.05) is 13.0 Å². The fraction of sp³-hybridized carbons (Fsp3) is 0.227. The Hall–Kier alpha value is -2.94. The van der Waals surface area contributed by atoms with E-state index in [4.69, 9.17) is 14.6 Å². The molecule has 156 valence electrons. The van der Waals surface area contributed by atoms with Crippen LogP contribution in [0.4, 0.5) is 4.39 Å². The van der Waals surface area contributed by atoms with Crippen molar-refractivity contribution in [3.05, 3.63) is 58.4 Å². The van der Waals surface area contributed by atoms with E-state index in [1.165, 1.54) is 26.4 Å². The second-order valence-corrected chi connectivity index (χ2v) is 6.94. The van der Waals surface area contributed by atoms with Crippen molar-refractivity contribution in [1.82, 2.24) is 0 Å². The quantitative estimate of drug-likeness (QED) is 0.601. The lowest BCUT2D eigenvalue weighted by Gasteiger charge is -2.14. The molecule has 0 bridgehead atoms. The van der Waals surface area contributed by atoms with Gasteiger partial charge in [-0.3, -0.25) is 4.79 Å². The molecule has 30 heavy (non-hydrogen) atoms. The van der Waals surface area contributed by atoms with Gasteiger partial charge in [0.2, 0.25) is 0 Å². The SMILES string of the molecule is COc1cc(/C=C2/C(C)=C(CC(=O)CO)c3cc(F)ccc32)cc(OC)c1B(O)O. The number of hydrogen-bond acceptors (Lipinski definition) is 6. The van der Waals surface area contributed by atoms with Gasteiger partial charge in [-0.25, -0.2) is 4.39 Å². The molecule has 1 aliphatic carbocycles. The Balaban J connectivity index is 2.18. The van der Waals surface area contributed by atoms with Crippen LogP contribution in [0.1, 0.15) is 30.0 Å². The zero-order valence-electron chi connectivity index (χ0n) is 16.9. The van der Waals surface area contributed by atoms with Crippen molar-refractivity contribution >= 4 is 35.6 Å². The molecular weight excluding hydrogens is 390 g/mol. The number of carbonyl (C=O) groups is 1. The fourth-order valence-corrected chi connectivity index (χ4v) is 3.70. The zero-order chi connectivity index (χ0) is 22.0. The summed E-state index contributed by atoms with van der Waals surface area (Å²) in [5.74, 6) is -0.288. The van der Waals surface area contributed by atoms with Crippen LogP contribution in [0.5, 0.6) is 11.5 Å². The number of allylic oxidation sites excluding steroid dienone is 3. The third-order valence-electron chi connectivity index (χ3n) is 5.14. The Morgan fingerprint density at radius 2 is 1.73 bits per heavy atom. The average Bonchev–Trinajstić information content (AvgIpc) is 2.97. The predicted molar refractivity (Wildman–Crippen MR) is 113 cm³/mol. The van der Waals surface area contributed by atoms with E-state index in [-0.39, 0.29) is 29.2 Å². The maximum Gasteiger partial charge on any atom is 0.496 e. The van der Waals surface area contributed by atoms with Gasteiger partial charge in [-0.2, -0.15) is 0 Å². The van der Waals surface area contributed by atoms with Crippen LogP contribution in [0.15, 0.2) is 35.9 Å². The number of Topliss-reactive ketones (excluding diaryl/α,β-unsaturated/α-hetero) is 1. The van der Waals surface area contributed by atoms with Gasteiger partial charge < -0.3 is 24.6 Å². The first-order chi connectivity index (χ1) is 14.3. The molecule has 0 saturated carbocycles. The van der Waals surface area contributed by atoms with Crippen molar-refractivity contribution in [2.24, 2.45) is 0 Å². The van der Waals surface area contributed by atoms with Crippen LogP contribution in [0, 0.1) is 5.82 Å². The van der Waals surface area contributed by atoms with Gasteiger partial charge in [0.15, 0.2) is 5.78 Å². The van der Waals surface area contributed by atoms with Gasteiger partial charge in [-0.15, -0.1) is 0 Å². The number of benzene rings is 2. The minimum atomic E-state index is -1.77. The largest absolute Gasteiger partial charge is 0.497 e. The number of ether oxygens (including phenoxy) is 2. The van der Waals surface area contributed by atoms with Gasteiger partial charge in [-0.1, -0.05) is 6.07 Å². The molecule has 2 aromatic rings. The molecule has 0 fully saturated rings. The Morgan fingerprint density at radius 3 is 2.27 bits per heavy atom. The summed E-state index contributed by atoms with van der Waals surface area (Å²) < 4.78 is 24.5. The van der Waals surface area contributed by atoms with Crippen molar-refractivity contribution < 1.29 is 33.8 Å². The van der Waals surface area contributed by atoms with Crippen molar-refractivity contribution in [3.63, 3.8) is 0 Å². The molecule has 3 rings (SSSR count). The van der Waals surface area contributed by atoms with E-state index < -0.39 is 19.5 Å². The standard InChI is InChI=1S/C22H22BFO6/c1-12-17(6-13-7-20(29-2)22(23(27)28)21(8-13)30-3)16-5-4-14(24)9-19(16)18(12)10-15(26)11-25/h4-9,25,27-28H,10-11H2,1-3H3/b17-6-. The molecule has 0 aliphatic heterocycles. The first kappa shape index (κ1) is 21.8. The van der Waals surface area contributed by atoms with E-state index >= 15 is 0 Å². The average molecular weight is 412 g/mol. The highest BCUT2D eigenvalue weighted by molar-refractivity contribution is 6.61. The Kier molecular flexibility index (Phi) is 6.41. The normalized spacial score (nSPS) is 14.2. The minimum absolute atomic E-state index is 0.00158. The maximum absolute atomic E-state index is 13.9. The highest BCUT2D eigenvalue weighted by Crippen LogP contribution is 2.44. The van der Waals surface area contributed by atoms with Crippen LogP contribution < -0.4 is 14.9 Å². The molecule has 8 heteroatoms. The summed E-state index contributed by atoms with van der Waals surface area (Å²) in [5, 5.41) is 28.4. The number of carbonyl (C=O) groups excluding carboxylic acids is 1. The highest BCUT2D eigenvalue weighted by atomic mass is 19.1. The molecule has 1 aliphatic rings. The molecule has 0 unspecified atom stereocenters. The van der Waals surface area contributed by atoms with Crippen LogP contribution in [0.25, 0.3) is 17.2 Å². The van der Waals surface area contributed by atoms with Crippen LogP contribution in [0.2, 0.25) is 0 Å². The lowest BCUT2D eigenvalue weighted by atomic mass is 9.78. The van der Waals surface area contributed by atoms with Crippen LogP contribution >= 0.6 is 0 Å². The number of aliphatic hydroxyl groups is 1. The van der Waals surface area contributed by atoms with E-state index in [9.17, 15) is 19.2 Å². The molecule has 2 aromatic carbocycles. The van der Waals surface area contributed by atoms with Crippen molar-refractivity contribution in [3.8, 4) is 11.5 Å². The molecule has 0 amide bonds. The lowest BCUT2D eigenvalue weighted by Crippen LogP contribution is -2.32. The second kappa shape index (κ2) is 8.83. The number of methoxy groups -OCH3 is 2. The van der Waals surface area contributed by atoms with Gasteiger partial charge in [0.25, 0.3) is 0 Å². The van der Waals surface area contributed by atoms with E-state index in [0.29, 0.717) is 16.7 Å². The van der Waals surface area contributed by atoms with Crippen molar-refractivity contribution in [1.29, 1.82) is 0 Å². The fourth-order valence-electron chi connectivity index (χ4n) is 3.70. The van der Waals surface area contributed by atoms with Crippen LogP contribution in [-0.2, 0) is 4.79 Å². The maximum atomic E-state index is 13.9. The molecular formula is C22H22BFO6. The van der Waals surface area contributed by atoms with Crippen molar-refractivity contribution in [2.75, 3.05) is 20.8 Å². The number of fused-ring (bicyclic) bond motifs is 1. The molecule has 6 nitrogen and oxygen atoms in total. The first-order valence-corrected chi connectivity index (χ1v) is 9.27. The monoisotopic (exact) mass is 412 g/mol. The van der Waals surface area contributed by atoms with Crippen LogP contribution in [-0.4, -0.2) is 48.9 Å². The summed E-state index contributed by atoms with van der Waals surface area (Å²) in [6.07, 6.45) is 1.83. The summed E-state index contributed by atoms with van der Waals surface area (Å²) in [5.41, 5.74) is 4.38. The number of hydrogen-bond donors (Lipinski definition) is 3. The van der Waals surface area contributed by atoms with E-state index in [0.717, 1.165) is 16.7 Å². The molecule has 0 atom stereocenters. The summed E-state index contributed by atoms with van der Waals surface area (Å²) in [6.45, 7) is 1.25. The Morgan fingerprint density at radius 1 is 1.10 bits per heavy atom. The summed E-state index contributed by atoms with van der Waals surface area (Å²) >= 11 is 0. The molecule has 3 N–H and O–H groups in total. The van der Waals surface area contributed by atoms with E-state index in [2.05, 4.69) is 0 Å². The summed E-state index contributed by atoms with van der Waals surface area (Å²) in [7, 11) is 1.05. The molecule has 0 heterocycles. The summed E-state index contributed by atoms with van der Waals surface area (Å²) in [4.78, 5) is 11.9. The number of rotatable bonds is 7. The molecule has 0 spiro atoms. The van der Waals surface area contributed by atoms with E-state index in [1.54, 1.807) is 18.2 Å². The van der Waals surface area contributed by atoms with Crippen molar-refractivity contribution in [2.45, 2.75) is 13.3 Å². The topological polar surface area (TPSA) is 96.2 Å². The number of ketones is 1. The lowest BCUT2D eigenvalue weighted by molar-refractivity contribution is -0.120. The second-order valence-electron chi connectivity index (χ2n) is 6.94. The molecule has 0 aromatic heterocycles. The van der Waals surface area contributed by atoms with Gasteiger partial charge in [0.05, 0.1) is 19.7 Å². The molecule has 0 saturated heterocycles. The third-order valence-corrected chi connectivity index (χ3v) is 5.14. The highest BCUT2D eigenvalue weighted by Gasteiger charge is 2.27. The zero-order valence-corrected chi connectivity index (χ0v) is 16.9. The van der Waals surface area contributed by atoms with Gasteiger partial charge in [0, 0.05) is 6.42 Å². The summed E-state index contributed by atoms with van der Waals surface area (Å²) in [6, 6.07) is 7.65. The first-order valence-electron chi connectivity index (χ1n) is 9.27. The van der Waals surface area contributed by atoms with Gasteiger partial charge >= 0.3 is 7.12 Å². The Bertz CT molecular complexity index is 1030. The van der Waals surface area contributed by atoms with Gasteiger partial charge in [-0.05, 0) is 70.7 Å². The smallest absolute Gasteiger partial charge is 0.496 e. The van der Waals surface area contributed by atoms with Crippen LogP contribution in [0.3, 0.4) is 0 Å². The Labute approximate surface area is 174 Å². The number of halogens is 1. The van der Waals surface area contributed by atoms with Gasteiger partial charge in [0.1, 0.15) is 23.9 Å².